The average Bonchev–Trinajstić information content (AvgIpc) is 3.59. The van der Waals surface area contributed by atoms with Gasteiger partial charge in [-0.15, -0.1) is 0 Å². The van der Waals surface area contributed by atoms with E-state index < -0.39 is 5.41 Å². The fourth-order valence-corrected chi connectivity index (χ4v) is 7.44. The maximum absolute atomic E-state index is 14.1. The Morgan fingerprint density at radius 3 is 2.35 bits per heavy atom. The van der Waals surface area contributed by atoms with Gasteiger partial charge < -0.3 is 14.7 Å². The molecule has 2 aliphatic heterocycles. The van der Waals surface area contributed by atoms with E-state index in [0.29, 0.717) is 16.6 Å². The summed E-state index contributed by atoms with van der Waals surface area (Å²) in [6.45, 7) is 5.73. The van der Waals surface area contributed by atoms with Gasteiger partial charge >= 0.3 is 0 Å². The van der Waals surface area contributed by atoms with Crippen molar-refractivity contribution in [2.24, 2.45) is 5.92 Å². The Labute approximate surface area is 246 Å². The number of benzene rings is 3. The highest BCUT2D eigenvalue weighted by molar-refractivity contribution is 6.42. The minimum absolute atomic E-state index is 0.00876. The van der Waals surface area contributed by atoms with Crippen LogP contribution in [-0.2, 0) is 27.0 Å². The fraction of sp³-hybridized carbons (Fsp3) is 0.394. The van der Waals surface area contributed by atoms with Gasteiger partial charge in [0.25, 0.3) is 0 Å². The van der Waals surface area contributed by atoms with Gasteiger partial charge in [-0.3, -0.25) is 9.59 Å². The van der Waals surface area contributed by atoms with Crippen molar-refractivity contribution in [1.29, 1.82) is 0 Å². The quantitative estimate of drug-likeness (QED) is 0.346. The zero-order chi connectivity index (χ0) is 28.1. The number of carbonyl (C=O) groups excluding carboxylic acids is 2. The molecule has 6 rings (SSSR count). The molecule has 2 fully saturated rings. The van der Waals surface area contributed by atoms with Crippen molar-refractivity contribution < 1.29 is 9.59 Å². The fourth-order valence-electron chi connectivity index (χ4n) is 7.15. The van der Waals surface area contributed by atoms with E-state index in [4.69, 9.17) is 23.2 Å². The Morgan fingerprint density at radius 2 is 1.65 bits per heavy atom. The Kier molecular flexibility index (Phi) is 7.18. The minimum atomic E-state index is -0.599. The monoisotopic (exact) mass is 575 g/mol. The summed E-state index contributed by atoms with van der Waals surface area (Å²) in [7, 11) is 1.90. The predicted octanol–water partition coefficient (Wildman–Crippen LogP) is 6.31. The molecule has 3 aliphatic rings. The second-order valence-electron chi connectivity index (χ2n) is 11.9. The Bertz CT molecular complexity index is 1440. The molecule has 208 valence electrons. The maximum atomic E-state index is 14.1. The summed E-state index contributed by atoms with van der Waals surface area (Å²) in [5, 5.41) is 0.984. The highest BCUT2D eigenvalue weighted by atomic mass is 35.5. The largest absolute Gasteiger partial charge is 0.341 e. The number of amides is 2. The molecule has 0 bridgehead atoms. The summed E-state index contributed by atoms with van der Waals surface area (Å²) in [4.78, 5) is 32.8. The summed E-state index contributed by atoms with van der Waals surface area (Å²) in [6.07, 6.45) is 2.80. The van der Waals surface area contributed by atoms with E-state index in [1.54, 1.807) is 6.92 Å². The molecule has 3 aromatic carbocycles. The number of fused-ring (bicyclic) bond motifs is 2. The van der Waals surface area contributed by atoms with Crippen molar-refractivity contribution in [2.75, 3.05) is 38.1 Å². The Morgan fingerprint density at radius 1 is 0.950 bits per heavy atom. The molecule has 1 spiro atoms. The smallest absolute Gasteiger partial charge is 0.233 e. The van der Waals surface area contributed by atoms with Gasteiger partial charge in [0.15, 0.2) is 0 Å². The van der Waals surface area contributed by atoms with Crippen LogP contribution in [-0.4, -0.2) is 54.8 Å². The van der Waals surface area contributed by atoms with Crippen LogP contribution in [0.15, 0.2) is 72.8 Å². The molecule has 7 heteroatoms. The third-order valence-electron chi connectivity index (χ3n) is 9.43. The molecule has 1 aliphatic carbocycles. The third kappa shape index (κ3) is 4.72. The first-order valence-corrected chi connectivity index (χ1v) is 14.8. The van der Waals surface area contributed by atoms with Crippen molar-refractivity contribution >= 4 is 40.7 Å². The van der Waals surface area contributed by atoms with Crippen LogP contribution < -0.4 is 4.90 Å². The zero-order valence-corrected chi connectivity index (χ0v) is 24.6. The van der Waals surface area contributed by atoms with Crippen LogP contribution in [0.3, 0.4) is 0 Å². The lowest BCUT2D eigenvalue weighted by molar-refractivity contribution is -0.133. The lowest BCUT2D eigenvalue weighted by Gasteiger charge is -2.40. The maximum Gasteiger partial charge on any atom is 0.233 e. The first-order chi connectivity index (χ1) is 19.2. The summed E-state index contributed by atoms with van der Waals surface area (Å²) in [5.74, 6) is 0.443. The van der Waals surface area contributed by atoms with Gasteiger partial charge in [-0.1, -0.05) is 77.8 Å². The molecule has 3 aromatic rings. The van der Waals surface area contributed by atoms with Gasteiger partial charge in [0.1, 0.15) is 0 Å². The molecule has 0 radical (unpaired) electrons. The standard InChI is InChI=1S/C33H35Cl2N3O2/c1-23(39)38-22-32(27-10-6-7-11-30(27)38)14-16-37(17-15-32)21-26-19-33(26,25-12-13-28(34)29(35)18-25)31(40)36(2)20-24-8-4-3-5-9-24/h3-13,18,26H,14-17,19-22H2,1-2H3/t26-,33+/m0/s1. The number of nitrogens with zero attached hydrogens (tertiary/aromatic N) is 3. The van der Waals surface area contributed by atoms with Crippen molar-refractivity contribution in [3.63, 3.8) is 0 Å². The number of piperidine rings is 1. The molecule has 1 saturated carbocycles. The van der Waals surface area contributed by atoms with Crippen LogP contribution >= 0.6 is 23.2 Å². The van der Waals surface area contributed by atoms with Crippen LogP contribution in [0.4, 0.5) is 5.69 Å². The lowest BCUT2D eigenvalue weighted by Crippen LogP contribution is -2.47. The number of hydrogen-bond acceptors (Lipinski definition) is 3. The summed E-state index contributed by atoms with van der Waals surface area (Å²) in [5.41, 5.74) is 3.84. The number of carbonyl (C=O) groups is 2. The van der Waals surface area contributed by atoms with E-state index >= 15 is 0 Å². The Hall–Kier alpha value is -2.86. The third-order valence-corrected chi connectivity index (χ3v) is 10.2. The van der Waals surface area contributed by atoms with Gasteiger partial charge in [-0.25, -0.2) is 0 Å². The molecule has 0 aromatic heterocycles. The van der Waals surface area contributed by atoms with E-state index in [1.165, 1.54) is 5.56 Å². The predicted molar refractivity (Wildman–Crippen MR) is 161 cm³/mol. The van der Waals surface area contributed by atoms with Crippen molar-refractivity contribution in [3.05, 3.63) is 99.5 Å². The number of para-hydroxylation sites is 1. The zero-order valence-electron chi connectivity index (χ0n) is 23.1. The van der Waals surface area contributed by atoms with Gasteiger partial charge in [0.2, 0.25) is 11.8 Å². The number of anilines is 1. The molecule has 2 atom stereocenters. The number of halogens is 2. The highest BCUT2D eigenvalue weighted by Gasteiger charge is 2.62. The van der Waals surface area contributed by atoms with Crippen molar-refractivity contribution in [1.82, 2.24) is 9.80 Å². The van der Waals surface area contributed by atoms with Crippen molar-refractivity contribution in [3.8, 4) is 0 Å². The summed E-state index contributed by atoms with van der Waals surface area (Å²) >= 11 is 12.7. The van der Waals surface area contributed by atoms with Crippen LogP contribution in [0.1, 0.15) is 42.9 Å². The van der Waals surface area contributed by atoms with Crippen LogP contribution in [0, 0.1) is 5.92 Å². The molecule has 0 N–H and O–H groups in total. The van der Waals surface area contributed by atoms with Gasteiger partial charge in [0, 0.05) is 44.7 Å². The second kappa shape index (κ2) is 10.5. The van der Waals surface area contributed by atoms with Crippen LogP contribution in [0.2, 0.25) is 10.0 Å². The number of likely N-dealkylation sites (tertiary alicyclic amines) is 1. The van der Waals surface area contributed by atoms with Crippen molar-refractivity contribution in [2.45, 2.75) is 43.6 Å². The molecular formula is C33H35Cl2N3O2. The average molecular weight is 577 g/mol. The molecular weight excluding hydrogens is 541 g/mol. The minimum Gasteiger partial charge on any atom is -0.341 e. The van der Waals surface area contributed by atoms with E-state index in [-0.39, 0.29) is 23.1 Å². The molecule has 0 unspecified atom stereocenters. The molecule has 5 nitrogen and oxygen atoms in total. The SMILES string of the molecule is CC(=O)N1CC2(CCN(C[C@@H]3C[C@@]3(C(=O)N(C)Cc3ccccc3)c3ccc(Cl)c(Cl)c3)CC2)c2ccccc21. The number of hydrogen-bond donors (Lipinski definition) is 0. The normalized spacial score (nSPS) is 23.2. The number of rotatable bonds is 6. The first-order valence-electron chi connectivity index (χ1n) is 14.1. The van der Waals surface area contributed by atoms with Crippen LogP contribution in [0.5, 0.6) is 0 Å². The summed E-state index contributed by atoms with van der Waals surface area (Å²) in [6, 6.07) is 24.1. The topological polar surface area (TPSA) is 43.9 Å². The van der Waals surface area contributed by atoms with Gasteiger partial charge in [-0.05, 0) is 73.2 Å². The van der Waals surface area contributed by atoms with Gasteiger partial charge in [-0.2, -0.15) is 0 Å². The molecule has 2 amide bonds. The van der Waals surface area contributed by atoms with Crippen LogP contribution in [0.25, 0.3) is 0 Å². The van der Waals surface area contributed by atoms with E-state index in [0.717, 1.165) is 62.3 Å². The first kappa shape index (κ1) is 27.3. The molecule has 2 heterocycles. The van der Waals surface area contributed by atoms with E-state index in [9.17, 15) is 9.59 Å². The number of likely N-dealkylation sites (N-methyl/N-ethyl adjacent to an activating group) is 1. The van der Waals surface area contributed by atoms with E-state index in [2.05, 4.69) is 35.2 Å². The second-order valence-corrected chi connectivity index (χ2v) is 12.7. The Balaban J connectivity index is 1.19. The van der Waals surface area contributed by atoms with E-state index in [1.807, 2.05) is 59.3 Å². The summed E-state index contributed by atoms with van der Waals surface area (Å²) < 4.78 is 0. The highest BCUT2D eigenvalue weighted by Crippen LogP contribution is 2.57. The molecule has 40 heavy (non-hydrogen) atoms. The lowest BCUT2D eigenvalue weighted by atomic mass is 9.74. The molecule has 1 saturated heterocycles. The van der Waals surface area contributed by atoms with Gasteiger partial charge in [0.05, 0.1) is 15.5 Å².